The van der Waals surface area contributed by atoms with Crippen molar-refractivity contribution in [3.05, 3.63) is 84.7 Å². The molecule has 5 nitrogen and oxygen atoms in total. The van der Waals surface area contributed by atoms with Gasteiger partial charge in [0.2, 0.25) is 5.91 Å². The van der Waals surface area contributed by atoms with Gasteiger partial charge in [-0.25, -0.2) is 14.4 Å². The van der Waals surface area contributed by atoms with Crippen molar-refractivity contribution in [1.29, 1.82) is 0 Å². The molecule has 4 rings (SSSR count). The number of amides is 1. The highest BCUT2D eigenvalue weighted by molar-refractivity contribution is 7.99. The fourth-order valence-corrected chi connectivity index (χ4v) is 3.40. The molecule has 1 heterocycles. The minimum absolute atomic E-state index is 0.0669. The predicted octanol–water partition coefficient (Wildman–Crippen LogP) is 5.24. The summed E-state index contributed by atoms with van der Waals surface area (Å²) in [6.07, 6.45) is 0. The second kappa shape index (κ2) is 8.70. The van der Waals surface area contributed by atoms with Gasteiger partial charge >= 0.3 is 0 Å². The summed E-state index contributed by atoms with van der Waals surface area (Å²) in [4.78, 5) is 21.3. The summed E-state index contributed by atoms with van der Waals surface area (Å²) in [6.45, 7) is 0. The van der Waals surface area contributed by atoms with Crippen LogP contribution >= 0.6 is 11.8 Å². The van der Waals surface area contributed by atoms with Crippen LogP contribution in [0.2, 0.25) is 0 Å². The number of rotatable bonds is 6. The third-order valence-electron chi connectivity index (χ3n) is 4.10. The lowest BCUT2D eigenvalue weighted by Gasteiger charge is -2.11. The van der Waals surface area contributed by atoms with Crippen molar-refractivity contribution < 1.29 is 9.18 Å². The van der Waals surface area contributed by atoms with E-state index in [1.165, 1.54) is 23.9 Å². The average Bonchev–Trinajstić information content (AvgIpc) is 2.75. The third kappa shape index (κ3) is 4.70. The van der Waals surface area contributed by atoms with Crippen LogP contribution in [0.5, 0.6) is 0 Å². The molecular weight excluding hydrogens is 387 g/mol. The number of para-hydroxylation sites is 3. The lowest BCUT2D eigenvalue weighted by Crippen LogP contribution is -2.15. The average molecular weight is 404 g/mol. The molecule has 3 aromatic carbocycles. The Morgan fingerprint density at radius 2 is 1.62 bits per heavy atom. The van der Waals surface area contributed by atoms with E-state index in [1.54, 1.807) is 12.1 Å². The summed E-state index contributed by atoms with van der Waals surface area (Å²) >= 11 is 1.20. The minimum Gasteiger partial charge on any atom is -0.340 e. The Morgan fingerprint density at radius 3 is 2.45 bits per heavy atom. The lowest BCUT2D eigenvalue weighted by atomic mass is 10.2. The number of thioether (sulfide) groups is 1. The van der Waals surface area contributed by atoms with Crippen LogP contribution in [0, 0.1) is 5.82 Å². The molecule has 7 heteroatoms. The maximum atomic E-state index is 13.7. The first-order chi connectivity index (χ1) is 14.2. The number of benzene rings is 3. The summed E-state index contributed by atoms with van der Waals surface area (Å²) in [5, 5.41) is 7.22. The number of aromatic nitrogens is 2. The summed E-state index contributed by atoms with van der Waals surface area (Å²) in [7, 11) is 0. The largest absolute Gasteiger partial charge is 0.340 e. The quantitative estimate of drug-likeness (QED) is 0.340. The molecule has 0 atom stereocenters. The van der Waals surface area contributed by atoms with Crippen LogP contribution in [0.1, 0.15) is 0 Å². The van der Waals surface area contributed by atoms with Crippen molar-refractivity contribution in [2.45, 2.75) is 5.16 Å². The molecule has 0 aliphatic carbocycles. The molecule has 1 amide bonds. The number of carbonyl (C=O) groups is 1. The van der Waals surface area contributed by atoms with E-state index in [0.29, 0.717) is 11.0 Å². The highest BCUT2D eigenvalue weighted by atomic mass is 32.2. The number of carbonyl (C=O) groups excluding carboxylic acids is 1. The monoisotopic (exact) mass is 404 g/mol. The van der Waals surface area contributed by atoms with Crippen LogP contribution in [0.3, 0.4) is 0 Å². The van der Waals surface area contributed by atoms with Gasteiger partial charge in [-0.2, -0.15) is 0 Å². The molecule has 29 heavy (non-hydrogen) atoms. The molecule has 4 aromatic rings. The molecule has 0 saturated heterocycles. The van der Waals surface area contributed by atoms with E-state index in [1.807, 2.05) is 54.6 Å². The zero-order valence-electron chi connectivity index (χ0n) is 15.3. The molecule has 0 fully saturated rings. The minimum atomic E-state index is -0.470. The van der Waals surface area contributed by atoms with E-state index in [2.05, 4.69) is 20.6 Å². The SMILES string of the molecule is O=C(CSc1nc(Nc2ccccc2)c2ccccc2n1)Nc1ccccc1F. The van der Waals surface area contributed by atoms with E-state index in [-0.39, 0.29) is 17.3 Å². The van der Waals surface area contributed by atoms with Crippen molar-refractivity contribution in [3.63, 3.8) is 0 Å². The van der Waals surface area contributed by atoms with Crippen LogP contribution in [0.15, 0.2) is 84.0 Å². The number of hydrogen-bond donors (Lipinski definition) is 2. The van der Waals surface area contributed by atoms with Crippen molar-refractivity contribution in [1.82, 2.24) is 9.97 Å². The maximum absolute atomic E-state index is 13.7. The Hall–Kier alpha value is -3.45. The molecule has 0 bridgehead atoms. The molecule has 0 aliphatic heterocycles. The molecule has 144 valence electrons. The smallest absolute Gasteiger partial charge is 0.234 e. The van der Waals surface area contributed by atoms with Gasteiger partial charge in [0.05, 0.1) is 17.0 Å². The zero-order chi connectivity index (χ0) is 20.1. The van der Waals surface area contributed by atoms with Crippen LogP contribution in [-0.2, 0) is 4.79 Å². The molecule has 0 aliphatic rings. The van der Waals surface area contributed by atoms with Gasteiger partial charge < -0.3 is 10.6 Å². The van der Waals surface area contributed by atoms with Crippen molar-refractivity contribution in [2.24, 2.45) is 0 Å². The topological polar surface area (TPSA) is 66.9 Å². The van der Waals surface area contributed by atoms with Crippen molar-refractivity contribution in [3.8, 4) is 0 Å². The molecule has 0 saturated carbocycles. The Morgan fingerprint density at radius 1 is 0.897 bits per heavy atom. The fourth-order valence-electron chi connectivity index (χ4n) is 2.75. The molecule has 2 N–H and O–H groups in total. The first kappa shape index (κ1) is 18.9. The normalized spacial score (nSPS) is 10.7. The second-order valence-corrected chi connectivity index (χ2v) is 7.12. The van der Waals surface area contributed by atoms with E-state index in [4.69, 9.17) is 0 Å². The molecule has 0 unspecified atom stereocenters. The fraction of sp³-hybridized carbons (Fsp3) is 0.0455. The summed E-state index contributed by atoms with van der Waals surface area (Å²) in [6, 6.07) is 23.5. The molecule has 0 radical (unpaired) electrons. The maximum Gasteiger partial charge on any atom is 0.234 e. The van der Waals surface area contributed by atoms with Gasteiger partial charge in [-0.15, -0.1) is 0 Å². The third-order valence-corrected chi connectivity index (χ3v) is 4.95. The molecular formula is C22H17FN4OS. The summed E-state index contributed by atoms with van der Waals surface area (Å²) in [5.74, 6) is -0.0624. The van der Waals surface area contributed by atoms with E-state index in [0.717, 1.165) is 16.6 Å². The van der Waals surface area contributed by atoms with Gasteiger partial charge in [-0.3, -0.25) is 4.79 Å². The van der Waals surface area contributed by atoms with Crippen LogP contribution in [-0.4, -0.2) is 21.6 Å². The van der Waals surface area contributed by atoms with Crippen LogP contribution in [0.4, 0.5) is 21.6 Å². The second-order valence-electron chi connectivity index (χ2n) is 6.18. The van der Waals surface area contributed by atoms with Crippen molar-refractivity contribution >= 4 is 45.8 Å². The zero-order valence-corrected chi connectivity index (χ0v) is 16.1. The first-order valence-corrected chi connectivity index (χ1v) is 9.93. The highest BCUT2D eigenvalue weighted by Crippen LogP contribution is 2.27. The first-order valence-electron chi connectivity index (χ1n) is 8.95. The van der Waals surface area contributed by atoms with Crippen molar-refractivity contribution in [2.75, 3.05) is 16.4 Å². The summed E-state index contributed by atoms with van der Waals surface area (Å²) < 4.78 is 13.7. The van der Waals surface area contributed by atoms with E-state index < -0.39 is 5.82 Å². The van der Waals surface area contributed by atoms with Gasteiger partial charge in [-0.05, 0) is 36.4 Å². The number of hydrogen-bond acceptors (Lipinski definition) is 5. The highest BCUT2D eigenvalue weighted by Gasteiger charge is 2.11. The number of nitrogens with one attached hydrogen (secondary N) is 2. The lowest BCUT2D eigenvalue weighted by molar-refractivity contribution is -0.113. The number of anilines is 3. The Balaban J connectivity index is 1.53. The number of halogens is 1. The van der Waals surface area contributed by atoms with E-state index >= 15 is 0 Å². The van der Waals surface area contributed by atoms with Gasteiger partial charge in [0.1, 0.15) is 11.6 Å². The predicted molar refractivity (Wildman–Crippen MR) is 115 cm³/mol. The Bertz CT molecular complexity index is 1150. The number of fused-ring (bicyclic) bond motifs is 1. The van der Waals surface area contributed by atoms with Crippen LogP contribution in [0.25, 0.3) is 10.9 Å². The van der Waals surface area contributed by atoms with Gasteiger partial charge in [-0.1, -0.05) is 54.2 Å². The van der Waals surface area contributed by atoms with Crippen LogP contribution < -0.4 is 10.6 Å². The Kier molecular flexibility index (Phi) is 5.67. The summed E-state index contributed by atoms with van der Waals surface area (Å²) in [5.41, 5.74) is 1.84. The van der Waals surface area contributed by atoms with Gasteiger partial charge in [0, 0.05) is 11.1 Å². The standard InChI is InChI=1S/C22H17FN4OS/c23-17-11-5-7-13-19(17)25-20(28)14-29-22-26-18-12-6-4-10-16(18)21(27-22)24-15-8-2-1-3-9-15/h1-13H,14H2,(H,25,28)(H,24,26,27). The number of nitrogens with zero attached hydrogens (tertiary/aromatic N) is 2. The molecule has 1 aromatic heterocycles. The van der Waals surface area contributed by atoms with E-state index in [9.17, 15) is 9.18 Å². The van der Waals surface area contributed by atoms with Gasteiger partial charge in [0.25, 0.3) is 0 Å². The molecule has 0 spiro atoms. The van der Waals surface area contributed by atoms with Gasteiger partial charge in [0.15, 0.2) is 5.16 Å². The Labute approximate surface area is 171 Å².